The maximum absolute atomic E-state index is 13.1. The summed E-state index contributed by atoms with van der Waals surface area (Å²) in [4.78, 5) is 29.4. The van der Waals surface area contributed by atoms with Crippen LogP contribution in [0.1, 0.15) is 50.6 Å². The van der Waals surface area contributed by atoms with Crippen molar-refractivity contribution in [3.8, 4) is 0 Å². The number of nitrogens with one attached hydrogen (secondary N) is 2. The normalized spacial score (nSPS) is 13.8. The quantitative estimate of drug-likeness (QED) is 0.428. The van der Waals surface area contributed by atoms with E-state index >= 15 is 0 Å². The molecule has 37 heavy (non-hydrogen) atoms. The topological polar surface area (TPSA) is 98.8 Å². The predicted octanol–water partition coefficient (Wildman–Crippen LogP) is 3.95. The molecule has 1 aliphatic rings. The van der Waals surface area contributed by atoms with Gasteiger partial charge in [0.05, 0.1) is 10.5 Å². The highest BCUT2D eigenvalue weighted by molar-refractivity contribution is 7.89. The molecule has 2 aromatic carbocycles. The summed E-state index contributed by atoms with van der Waals surface area (Å²) in [6, 6.07) is 16.2. The summed E-state index contributed by atoms with van der Waals surface area (Å²) in [5, 5.41) is 6.12. The summed E-state index contributed by atoms with van der Waals surface area (Å²) >= 11 is 1.42. The van der Waals surface area contributed by atoms with E-state index in [4.69, 9.17) is 0 Å². The zero-order valence-electron chi connectivity index (χ0n) is 21.3. The molecule has 0 saturated carbocycles. The molecule has 8 nitrogen and oxygen atoms in total. The van der Waals surface area contributed by atoms with Gasteiger partial charge in [0.1, 0.15) is 5.00 Å². The van der Waals surface area contributed by atoms with E-state index in [1.807, 2.05) is 18.2 Å². The molecule has 0 bridgehead atoms. The summed E-state index contributed by atoms with van der Waals surface area (Å²) in [7, 11) is -2.03. The highest BCUT2D eigenvalue weighted by Gasteiger charge is 2.29. The van der Waals surface area contributed by atoms with Crippen molar-refractivity contribution < 1.29 is 18.0 Å². The first-order valence-corrected chi connectivity index (χ1v) is 14.6. The largest absolute Gasteiger partial charge is 0.355 e. The van der Waals surface area contributed by atoms with Crippen LogP contribution in [0.4, 0.5) is 5.00 Å². The first-order chi connectivity index (χ1) is 17.8. The van der Waals surface area contributed by atoms with Crippen molar-refractivity contribution in [2.75, 3.05) is 32.0 Å². The molecule has 196 valence electrons. The van der Waals surface area contributed by atoms with Crippen LogP contribution in [-0.4, -0.2) is 56.1 Å². The average Bonchev–Trinajstić information content (AvgIpc) is 3.26. The second-order valence-corrected chi connectivity index (χ2v) is 11.8. The fourth-order valence-electron chi connectivity index (χ4n) is 4.55. The van der Waals surface area contributed by atoms with Gasteiger partial charge in [0.2, 0.25) is 10.0 Å². The van der Waals surface area contributed by atoms with Crippen molar-refractivity contribution in [3.05, 3.63) is 81.7 Å². The van der Waals surface area contributed by atoms with Crippen LogP contribution in [0, 0.1) is 0 Å². The zero-order chi connectivity index (χ0) is 26.6. The molecule has 2 amide bonds. The Kier molecular flexibility index (Phi) is 8.43. The third kappa shape index (κ3) is 5.77. The fraction of sp³-hybridized carbons (Fsp3) is 0.333. The van der Waals surface area contributed by atoms with Crippen LogP contribution in [0.2, 0.25) is 0 Å². The van der Waals surface area contributed by atoms with Crippen molar-refractivity contribution in [2.45, 2.75) is 38.3 Å². The summed E-state index contributed by atoms with van der Waals surface area (Å²) in [6.07, 6.45) is 0.717. The maximum atomic E-state index is 13.1. The number of hydrogen-bond acceptors (Lipinski definition) is 6. The van der Waals surface area contributed by atoms with Crippen molar-refractivity contribution in [3.63, 3.8) is 0 Å². The number of hydrogen-bond donors (Lipinski definition) is 2. The number of benzene rings is 2. The van der Waals surface area contributed by atoms with Crippen LogP contribution in [0.3, 0.4) is 0 Å². The number of fused-ring (bicyclic) bond motifs is 1. The molecule has 0 aliphatic carbocycles. The lowest BCUT2D eigenvalue weighted by molar-refractivity contribution is 0.0962. The van der Waals surface area contributed by atoms with Crippen LogP contribution >= 0.6 is 11.3 Å². The summed E-state index contributed by atoms with van der Waals surface area (Å²) in [5.74, 6) is -0.623. The summed E-state index contributed by atoms with van der Waals surface area (Å²) in [6.45, 7) is 6.65. The van der Waals surface area contributed by atoms with Gasteiger partial charge in [0, 0.05) is 50.2 Å². The Labute approximate surface area is 222 Å². The van der Waals surface area contributed by atoms with Crippen LogP contribution in [-0.2, 0) is 29.5 Å². The highest BCUT2D eigenvalue weighted by Crippen LogP contribution is 2.37. The maximum Gasteiger partial charge on any atom is 0.256 e. The second kappa shape index (κ2) is 11.6. The monoisotopic (exact) mass is 540 g/mol. The molecule has 0 spiro atoms. The van der Waals surface area contributed by atoms with Crippen LogP contribution < -0.4 is 10.6 Å². The summed E-state index contributed by atoms with van der Waals surface area (Å²) in [5.41, 5.74) is 3.04. The number of sulfonamides is 1. The van der Waals surface area contributed by atoms with Gasteiger partial charge in [0.25, 0.3) is 11.8 Å². The minimum atomic E-state index is -3.61. The Bertz CT molecular complexity index is 1370. The SMILES string of the molecule is CCN(CC)S(=O)(=O)c1ccc(C(=O)Nc2sc3c(c2C(=O)NC)CCN(Cc2ccccc2)C3)cc1. The molecule has 3 aromatic rings. The van der Waals surface area contributed by atoms with Gasteiger partial charge in [-0.2, -0.15) is 4.31 Å². The fourth-order valence-corrected chi connectivity index (χ4v) is 7.29. The molecule has 10 heteroatoms. The Hall–Kier alpha value is -3.05. The van der Waals surface area contributed by atoms with E-state index in [1.165, 1.54) is 45.5 Å². The minimum Gasteiger partial charge on any atom is -0.355 e. The van der Waals surface area contributed by atoms with Crippen molar-refractivity contribution in [1.82, 2.24) is 14.5 Å². The van der Waals surface area contributed by atoms with Crippen LogP contribution in [0.25, 0.3) is 0 Å². The summed E-state index contributed by atoms with van der Waals surface area (Å²) < 4.78 is 26.9. The number of rotatable bonds is 9. The molecule has 1 aromatic heterocycles. The molecule has 0 saturated heterocycles. The van der Waals surface area contributed by atoms with Crippen LogP contribution in [0.15, 0.2) is 59.5 Å². The first-order valence-electron chi connectivity index (χ1n) is 12.3. The average molecular weight is 541 g/mol. The van der Waals surface area contributed by atoms with E-state index < -0.39 is 15.9 Å². The number of anilines is 1. The Morgan fingerprint density at radius 1 is 1.00 bits per heavy atom. The lowest BCUT2D eigenvalue weighted by Gasteiger charge is -2.27. The van der Waals surface area contributed by atoms with Gasteiger partial charge < -0.3 is 10.6 Å². The van der Waals surface area contributed by atoms with Gasteiger partial charge in [-0.15, -0.1) is 11.3 Å². The third-order valence-corrected chi connectivity index (χ3v) is 9.72. The Morgan fingerprint density at radius 2 is 1.68 bits per heavy atom. The molecule has 0 unspecified atom stereocenters. The van der Waals surface area contributed by atoms with Gasteiger partial charge in [-0.3, -0.25) is 14.5 Å². The van der Waals surface area contributed by atoms with E-state index in [0.717, 1.165) is 30.0 Å². The molecular formula is C27H32N4O4S2. The van der Waals surface area contributed by atoms with Gasteiger partial charge >= 0.3 is 0 Å². The number of carbonyl (C=O) groups is 2. The van der Waals surface area contributed by atoms with Gasteiger partial charge in [-0.1, -0.05) is 44.2 Å². The van der Waals surface area contributed by atoms with E-state index in [0.29, 0.717) is 35.8 Å². The minimum absolute atomic E-state index is 0.142. The zero-order valence-corrected chi connectivity index (χ0v) is 22.9. The molecule has 0 fully saturated rings. The second-order valence-electron chi connectivity index (χ2n) is 8.80. The number of thiophene rings is 1. The lowest BCUT2D eigenvalue weighted by Crippen LogP contribution is -2.30. The molecule has 0 atom stereocenters. The van der Waals surface area contributed by atoms with E-state index in [-0.39, 0.29) is 10.8 Å². The first kappa shape index (κ1) is 27.0. The van der Waals surface area contributed by atoms with E-state index in [2.05, 4.69) is 27.7 Å². The van der Waals surface area contributed by atoms with Gasteiger partial charge in [-0.05, 0) is 41.8 Å². The van der Waals surface area contributed by atoms with Gasteiger partial charge in [0.15, 0.2) is 0 Å². The van der Waals surface area contributed by atoms with Crippen molar-refractivity contribution in [2.24, 2.45) is 0 Å². The standard InChI is InChI=1S/C27H32N4O4S2/c1-4-31(5-2)37(34,35)21-13-11-20(12-14-21)25(32)29-27-24(26(33)28-3)22-15-16-30(18-23(22)36-27)17-19-9-7-6-8-10-19/h6-14H,4-5,15-18H2,1-3H3,(H,28,33)(H,29,32). The number of carbonyl (C=O) groups excluding carboxylic acids is 2. The molecule has 0 radical (unpaired) electrons. The number of amides is 2. The Morgan fingerprint density at radius 3 is 2.30 bits per heavy atom. The molecule has 1 aliphatic heterocycles. The van der Waals surface area contributed by atoms with Crippen LogP contribution in [0.5, 0.6) is 0 Å². The highest BCUT2D eigenvalue weighted by atomic mass is 32.2. The third-order valence-electron chi connectivity index (χ3n) is 6.53. The number of nitrogens with zero attached hydrogens (tertiary/aromatic N) is 2. The Balaban J connectivity index is 1.55. The molecule has 2 N–H and O–H groups in total. The molecule has 4 rings (SSSR count). The predicted molar refractivity (Wildman–Crippen MR) is 146 cm³/mol. The van der Waals surface area contributed by atoms with E-state index in [1.54, 1.807) is 20.9 Å². The molecule has 2 heterocycles. The lowest BCUT2D eigenvalue weighted by atomic mass is 10.0. The molecular weight excluding hydrogens is 508 g/mol. The van der Waals surface area contributed by atoms with Crippen molar-refractivity contribution >= 4 is 38.2 Å². The smallest absolute Gasteiger partial charge is 0.256 e. The van der Waals surface area contributed by atoms with Gasteiger partial charge in [-0.25, -0.2) is 8.42 Å². The van der Waals surface area contributed by atoms with Crippen molar-refractivity contribution in [1.29, 1.82) is 0 Å². The van der Waals surface area contributed by atoms with E-state index in [9.17, 15) is 18.0 Å².